The van der Waals surface area contributed by atoms with E-state index in [9.17, 15) is 4.79 Å². The Labute approximate surface area is 146 Å². The fourth-order valence-corrected chi connectivity index (χ4v) is 2.12. The molecule has 0 aliphatic carbocycles. The molecule has 5 nitrogen and oxygen atoms in total. The summed E-state index contributed by atoms with van der Waals surface area (Å²) in [5, 5.41) is 7.42. The molecular formula is C18H19N3O2S. The monoisotopic (exact) mass is 341 g/mol. The fraction of sp³-hybridized carbons (Fsp3) is 0.167. The van der Waals surface area contributed by atoms with E-state index in [2.05, 4.69) is 15.8 Å². The van der Waals surface area contributed by atoms with Crippen molar-refractivity contribution < 1.29 is 9.53 Å². The lowest BCUT2D eigenvalue weighted by molar-refractivity contribution is 0.0734. The average molecular weight is 341 g/mol. The van der Waals surface area contributed by atoms with Crippen LogP contribution in [-0.4, -0.2) is 23.8 Å². The minimum atomic E-state index is -0.377. The van der Waals surface area contributed by atoms with Gasteiger partial charge in [0.05, 0.1) is 11.8 Å². The molecule has 0 fully saturated rings. The quantitative estimate of drug-likeness (QED) is 0.288. The number of esters is 1. The average Bonchev–Trinajstić information content (AvgIpc) is 2.57. The van der Waals surface area contributed by atoms with Gasteiger partial charge in [-0.2, -0.15) is 5.10 Å². The zero-order chi connectivity index (χ0) is 17.4. The zero-order valence-corrected chi connectivity index (χ0v) is 14.4. The van der Waals surface area contributed by atoms with Crippen LogP contribution in [0.2, 0.25) is 0 Å². The Morgan fingerprint density at radius 1 is 1.25 bits per heavy atom. The van der Waals surface area contributed by atoms with Gasteiger partial charge in [-0.15, -0.1) is 0 Å². The number of thiocarbonyl (C=S) groups is 1. The number of carbonyl (C=O) groups excluding carboxylic acids is 1. The molecule has 0 saturated heterocycles. The topological polar surface area (TPSA) is 62.7 Å². The van der Waals surface area contributed by atoms with Crippen molar-refractivity contribution in [3.8, 4) is 5.75 Å². The molecule has 0 spiro atoms. The summed E-state index contributed by atoms with van der Waals surface area (Å²) < 4.78 is 5.36. The van der Waals surface area contributed by atoms with E-state index in [1.165, 1.54) is 0 Å². The van der Waals surface area contributed by atoms with E-state index in [0.717, 1.165) is 17.7 Å². The van der Waals surface area contributed by atoms with Gasteiger partial charge in [0.15, 0.2) is 5.11 Å². The highest BCUT2D eigenvalue weighted by atomic mass is 32.1. The van der Waals surface area contributed by atoms with E-state index in [4.69, 9.17) is 17.0 Å². The molecular weight excluding hydrogens is 322 g/mol. The van der Waals surface area contributed by atoms with Crippen molar-refractivity contribution in [3.63, 3.8) is 0 Å². The molecule has 2 aromatic carbocycles. The van der Waals surface area contributed by atoms with Gasteiger partial charge in [0.25, 0.3) is 0 Å². The normalized spacial score (nSPS) is 10.4. The molecule has 0 atom stereocenters. The lowest BCUT2D eigenvalue weighted by Crippen LogP contribution is -2.31. The van der Waals surface area contributed by atoms with E-state index in [1.807, 2.05) is 26.0 Å². The summed E-state index contributed by atoms with van der Waals surface area (Å²) >= 11 is 5.00. The van der Waals surface area contributed by atoms with E-state index in [-0.39, 0.29) is 5.97 Å². The number of hydrogen-bond acceptors (Lipinski definition) is 4. The first-order valence-electron chi connectivity index (χ1n) is 7.54. The number of rotatable bonds is 5. The van der Waals surface area contributed by atoms with Crippen molar-refractivity contribution in [2.24, 2.45) is 5.10 Å². The molecule has 2 rings (SSSR count). The number of nitrogens with zero attached hydrogens (tertiary/aromatic N) is 1. The van der Waals surface area contributed by atoms with Crippen molar-refractivity contribution in [1.82, 2.24) is 10.7 Å². The second-order valence-electron chi connectivity index (χ2n) is 5.06. The molecule has 0 radical (unpaired) electrons. The van der Waals surface area contributed by atoms with Crippen LogP contribution in [0.25, 0.3) is 0 Å². The molecule has 124 valence electrons. The minimum absolute atomic E-state index is 0.377. The number of nitrogens with one attached hydrogen (secondary N) is 2. The fourth-order valence-electron chi connectivity index (χ4n) is 1.93. The molecule has 0 bridgehead atoms. The zero-order valence-electron chi connectivity index (χ0n) is 13.6. The summed E-state index contributed by atoms with van der Waals surface area (Å²) in [5.74, 6) is 0.104. The van der Waals surface area contributed by atoms with Gasteiger partial charge in [0, 0.05) is 6.54 Å². The minimum Gasteiger partial charge on any atom is -0.423 e. The Hall–Kier alpha value is -2.73. The van der Waals surface area contributed by atoms with Gasteiger partial charge in [-0.3, -0.25) is 5.43 Å². The first kappa shape index (κ1) is 17.6. The number of carbonyl (C=O) groups is 1. The van der Waals surface area contributed by atoms with E-state index < -0.39 is 0 Å². The van der Waals surface area contributed by atoms with Crippen LogP contribution < -0.4 is 15.5 Å². The van der Waals surface area contributed by atoms with Crippen LogP contribution in [0.4, 0.5) is 0 Å². The van der Waals surface area contributed by atoms with Crippen molar-refractivity contribution >= 4 is 29.5 Å². The molecule has 0 aromatic heterocycles. The largest absolute Gasteiger partial charge is 0.423 e. The Bertz CT molecular complexity index is 742. The Morgan fingerprint density at radius 2 is 2.00 bits per heavy atom. The maximum Gasteiger partial charge on any atom is 0.343 e. The number of hydrogen-bond donors (Lipinski definition) is 2. The molecule has 0 amide bonds. The second-order valence-corrected chi connectivity index (χ2v) is 5.47. The molecule has 2 aromatic rings. The van der Waals surface area contributed by atoms with Gasteiger partial charge in [-0.1, -0.05) is 17.7 Å². The summed E-state index contributed by atoms with van der Waals surface area (Å²) in [6.07, 6.45) is 1.63. The van der Waals surface area contributed by atoms with E-state index >= 15 is 0 Å². The number of benzene rings is 2. The van der Waals surface area contributed by atoms with Crippen LogP contribution in [0.5, 0.6) is 5.75 Å². The summed E-state index contributed by atoms with van der Waals surface area (Å²) in [5.41, 5.74) is 5.11. The molecule has 0 unspecified atom stereocenters. The van der Waals surface area contributed by atoms with Gasteiger partial charge in [-0.25, -0.2) is 4.79 Å². The number of ether oxygens (including phenoxy) is 1. The molecule has 0 heterocycles. The third-order valence-electron chi connectivity index (χ3n) is 3.06. The summed E-state index contributed by atoms with van der Waals surface area (Å²) in [6, 6.07) is 14.3. The van der Waals surface area contributed by atoms with Crippen molar-refractivity contribution in [1.29, 1.82) is 0 Å². The van der Waals surface area contributed by atoms with Crippen LogP contribution in [0.15, 0.2) is 53.6 Å². The highest BCUT2D eigenvalue weighted by Gasteiger charge is 2.08. The van der Waals surface area contributed by atoms with E-state index in [1.54, 1.807) is 42.6 Å². The van der Waals surface area contributed by atoms with Crippen molar-refractivity contribution in [3.05, 3.63) is 65.2 Å². The summed E-state index contributed by atoms with van der Waals surface area (Å²) in [7, 11) is 0. The maximum absolute atomic E-state index is 12.1. The lowest BCUT2D eigenvalue weighted by atomic mass is 10.1. The van der Waals surface area contributed by atoms with Crippen LogP contribution in [0.3, 0.4) is 0 Å². The standard InChI is InChI=1S/C18H19N3O2S/c1-3-19-18(24)21-20-12-14-7-9-16(10-8-14)23-17(22)15-6-4-5-13(2)11-15/h4-12H,3H2,1-2H3,(H2,19,21,24)/b20-12-. The Kier molecular flexibility index (Phi) is 6.45. The van der Waals surface area contributed by atoms with Crippen LogP contribution >= 0.6 is 12.2 Å². The van der Waals surface area contributed by atoms with Crippen LogP contribution in [0, 0.1) is 6.92 Å². The smallest absolute Gasteiger partial charge is 0.343 e. The third-order valence-corrected chi connectivity index (χ3v) is 3.30. The van der Waals surface area contributed by atoms with Gasteiger partial charge in [-0.05, 0) is 68.0 Å². The molecule has 0 aliphatic heterocycles. The predicted molar refractivity (Wildman–Crippen MR) is 99.6 cm³/mol. The van der Waals surface area contributed by atoms with Crippen LogP contribution in [0.1, 0.15) is 28.4 Å². The third kappa shape index (κ3) is 5.48. The van der Waals surface area contributed by atoms with Gasteiger partial charge < -0.3 is 10.1 Å². The van der Waals surface area contributed by atoms with Crippen molar-refractivity contribution in [2.45, 2.75) is 13.8 Å². The molecule has 0 aliphatic rings. The summed E-state index contributed by atoms with van der Waals surface area (Å²) in [4.78, 5) is 12.1. The Balaban J connectivity index is 1.93. The van der Waals surface area contributed by atoms with Gasteiger partial charge >= 0.3 is 5.97 Å². The summed E-state index contributed by atoms with van der Waals surface area (Å²) in [6.45, 7) is 4.62. The first-order chi connectivity index (χ1) is 11.6. The number of hydrazone groups is 1. The molecule has 6 heteroatoms. The lowest BCUT2D eigenvalue weighted by Gasteiger charge is -2.05. The SMILES string of the molecule is CCNC(=S)N/N=C\c1ccc(OC(=O)c2cccc(C)c2)cc1. The first-order valence-corrected chi connectivity index (χ1v) is 7.95. The molecule has 0 saturated carbocycles. The highest BCUT2D eigenvalue weighted by molar-refractivity contribution is 7.80. The predicted octanol–water partition coefficient (Wildman–Crippen LogP) is 3.03. The maximum atomic E-state index is 12.1. The second kappa shape index (κ2) is 8.79. The molecule has 2 N–H and O–H groups in total. The van der Waals surface area contributed by atoms with Crippen molar-refractivity contribution in [2.75, 3.05) is 6.54 Å². The highest BCUT2D eigenvalue weighted by Crippen LogP contribution is 2.14. The Morgan fingerprint density at radius 3 is 2.67 bits per heavy atom. The molecule has 24 heavy (non-hydrogen) atoms. The van der Waals surface area contributed by atoms with Crippen LogP contribution in [-0.2, 0) is 0 Å². The number of aryl methyl sites for hydroxylation is 1. The van der Waals surface area contributed by atoms with Gasteiger partial charge in [0.1, 0.15) is 5.75 Å². The van der Waals surface area contributed by atoms with Gasteiger partial charge in [0.2, 0.25) is 0 Å². The van der Waals surface area contributed by atoms with E-state index in [0.29, 0.717) is 16.4 Å².